The average Bonchev–Trinajstić information content (AvgIpc) is 3.34. The number of amides is 1. The lowest BCUT2D eigenvalue weighted by molar-refractivity contribution is -0.136. The van der Waals surface area contributed by atoms with Crippen molar-refractivity contribution in [1.29, 1.82) is 0 Å². The van der Waals surface area contributed by atoms with Gasteiger partial charge in [0.15, 0.2) is 0 Å². The number of imidazole rings is 1. The fourth-order valence-electron chi connectivity index (χ4n) is 3.19. The van der Waals surface area contributed by atoms with Crippen LogP contribution >= 0.6 is 0 Å². The van der Waals surface area contributed by atoms with Gasteiger partial charge < -0.3 is 13.9 Å². The van der Waals surface area contributed by atoms with Gasteiger partial charge in [-0.3, -0.25) is 9.78 Å². The van der Waals surface area contributed by atoms with Gasteiger partial charge in [0.1, 0.15) is 12.6 Å². The highest BCUT2D eigenvalue weighted by Gasteiger charge is 2.32. The number of hydrogen-bond acceptors (Lipinski definition) is 6. The van der Waals surface area contributed by atoms with E-state index >= 15 is 0 Å². The van der Waals surface area contributed by atoms with Gasteiger partial charge in [-0.05, 0) is 38.3 Å². The summed E-state index contributed by atoms with van der Waals surface area (Å²) in [6, 6.07) is 3.63. The molecule has 0 bridgehead atoms. The van der Waals surface area contributed by atoms with Gasteiger partial charge in [0.25, 0.3) is 0 Å². The molecule has 0 saturated carbocycles. The van der Waals surface area contributed by atoms with Crippen LogP contribution in [0.1, 0.15) is 36.9 Å². The van der Waals surface area contributed by atoms with Crippen LogP contribution in [-0.4, -0.2) is 42.1 Å². The Kier molecular flexibility index (Phi) is 4.47. The lowest BCUT2D eigenvalue weighted by atomic mass is 10.0. The third-order valence-corrected chi connectivity index (χ3v) is 4.58. The molecular weight excluding hydrogens is 332 g/mol. The molecule has 134 valence electrons. The third kappa shape index (κ3) is 3.35. The van der Waals surface area contributed by atoms with Gasteiger partial charge in [-0.1, -0.05) is 0 Å². The molecule has 3 aromatic heterocycles. The topological polar surface area (TPSA) is 89.9 Å². The summed E-state index contributed by atoms with van der Waals surface area (Å²) in [5.41, 5.74) is 1.71. The molecule has 8 nitrogen and oxygen atoms in total. The number of piperidine rings is 1. The summed E-state index contributed by atoms with van der Waals surface area (Å²) in [7, 11) is 0. The van der Waals surface area contributed by atoms with Crippen LogP contribution in [-0.2, 0) is 11.3 Å². The highest BCUT2D eigenvalue weighted by molar-refractivity contribution is 5.76. The van der Waals surface area contributed by atoms with Gasteiger partial charge in [0, 0.05) is 30.8 Å². The van der Waals surface area contributed by atoms with Crippen LogP contribution in [0.3, 0.4) is 0 Å². The normalized spacial score (nSPS) is 17.4. The smallest absolute Gasteiger partial charge is 0.249 e. The Morgan fingerprint density at radius 3 is 3.00 bits per heavy atom. The van der Waals surface area contributed by atoms with Crippen LogP contribution in [0.25, 0.3) is 11.5 Å². The summed E-state index contributed by atoms with van der Waals surface area (Å²) in [5.74, 6) is 0.948. The van der Waals surface area contributed by atoms with E-state index in [9.17, 15) is 4.79 Å². The third-order valence-electron chi connectivity index (χ3n) is 4.58. The summed E-state index contributed by atoms with van der Waals surface area (Å²) in [6.07, 6.45) is 9.65. The Balaban J connectivity index is 1.54. The Labute approximate surface area is 150 Å². The Hall–Kier alpha value is -3.03. The fraction of sp³-hybridized carbons (Fsp3) is 0.389. The van der Waals surface area contributed by atoms with E-state index in [1.165, 1.54) is 0 Å². The summed E-state index contributed by atoms with van der Waals surface area (Å²) >= 11 is 0. The number of carbonyl (C=O) groups is 1. The van der Waals surface area contributed by atoms with Crippen LogP contribution in [0.4, 0.5) is 0 Å². The van der Waals surface area contributed by atoms with Crippen molar-refractivity contribution in [3.8, 4) is 11.5 Å². The number of nitrogens with zero attached hydrogens (tertiary/aromatic N) is 6. The molecule has 1 aliphatic rings. The average molecular weight is 352 g/mol. The number of pyridine rings is 1. The van der Waals surface area contributed by atoms with Gasteiger partial charge in [0.2, 0.25) is 17.7 Å². The van der Waals surface area contributed by atoms with E-state index < -0.39 is 0 Å². The number of aryl methyl sites for hydroxylation is 1. The maximum atomic E-state index is 12.7. The number of aromatic nitrogens is 5. The first-order valence-corrected chi connectivity index (χ1v) is 8.72. The van der Waals surface area contributed by atoms with Crippen molar-refractivity contribution < 1.29 is 9.21 Å². The van der Waals surface area contributed by atoms with Crippen LogP contribution in [0.2, 0.25) is 0 Å². The van der Waals surface area contributed by atoms with Crippen molar-refractivity contribution in [2.24, 2.45) is 0 Å². The highest BCUT2D eigenvalue weighted by atomic mass is 16.4. The zero-order valence-electron chi connectivity index (χ0n) is 14.6. The molecule has 1 unspecified atom stereocenters. The van der Waals surface area contributed by atoms with E-state index in [4.69, 9.17) is 4.42 Å². The molecule has 0 aliphatic carbocycles. The molecule has 8 heteroatoms. The molecule has 0 aromatic carbocycles. The van der Waals surface area contributed by atoms with Gasteiger partial charge in [-0.15, -0.1) is 10.2 Å². The molecular formula is C18H20N6O2. The Bertz CT molecular complexity index is 871. The number of likely N-dealkylation sites (tertiary alicyclic amines) is 1. The second-order valence-corrected chi connectivity index (χ2v) is 6.47. The molecule has 4 rings (SSSR count). The molecule has 0 spiro atoms. The number of rotatable bonds is 4. The Morgan fingerprint density at radius 1 is 1.31 bits per heavy atom. The maximum Gasteiger partial charge on any atom is 0.249 e. The van der Waals surface area contributed by atoms with E-state index in [2.05, 4.69) is 20.2 Å². The summed E-state index contributed by atoms with van der Waals surface area (Å²) in [5, 5.41) is 8.36. The molecule has 1 saturated heterocycles. The predicted octanol–water partition coefficient (Wildman–Crippen LogP) is 2.39. The summed E-state index contributed by atoms with van der Waals surface area (Å²) in [4.78, 5) is 22.8. The monoisotopic (exact) mass is 352 g/mol. The quantitative estimate of drug-likeness (QED) is 0.716. The summed E-state index contributed by atoms with van der Waals surface area (Å²) < 4.78 is 7.66. The first kappa shape index (κ1) is 16.4. The number of hydrogen-bond donors (Lipinski definition) is 0. The van der Waals surface area contributed by atoms with E-state index in [0.717, 1.165) is 30.5 Å². The minimum absolute atomic E-state index is 0.0319. The molecule has 1 aliphatic heterocycles. The van der Waals surface area contributed by atoms with Crippen molar-refractivity contribution in [2.45, 2.75) is 38.8 Å². The van der Waals surface area contributed by atoms with Crippen LogP contribution in [0.5, 0.6) is 0 Å². The first-order chi connectivity index (χ1) is 12.7. The molecule has 26 heavy (non-hydrogen) atoms. The molecule has 0 N–H and O–H groups in total. The lowest BCUT2D eigenvalue weighted by Crippen LogP contribution is -2.40. The largest absolute Gasteiger partial charge is 0.418 e. The molecule has 4 heterocycles. The minimum Gasteiger partial charge on any atom is -0.418 e. The first-order valence-electron chi connectivity index (χ1n) is 8.72. The molecule has 3 aromatic rings. The number of carbonyl (C=O) groups excluding carboxylic acids is 1. The highest BCUT2D eigenvalue weighted by Crippen LogP contribution is 2.31. The van der Waals surface area contributed by atoms with Crippen molar-refractivity contribution in [3.63, 3.8) is 0 Å². The van der Waals surface area contributed by atoms with Gasteiger partial charge in [-0.2, -0.15) is 0 Å². The standard InChI is InChI=1S/C18H20N6O2/c1-13-5-6-14(10-20-13)17-21-22-18(26-17)15-4-2-3-8-24(15)16(25)11-23-9-7-19-12-23/h5-7,9-10,12,15H,2-4,8,11H2,1H3. The van der Waals surface area contributed by atoms with Crippen molar-refractivity contribution in [2.75, 3.05) is 6.54 Å². The Morgan fingerprint density at radius 2 is 2.23 bits per heavy atom. The van der Waals surface area contributed by atoms with Crippen LogP contribution in [0, 0.1) is 6.92 Å². The van der Waals surface area contributed by atoms with Crippen molar-refractivity contribution in [1.82, 2.24) is 29.6 Å². The molecule has 0 radical (unpaired) electrons. The van der Waals surface area contributed by atoms with Crippen molar-refractivity contribution >= 4 is 5.91 Å². The summed E-state index contributed by atoms with van der Waals surface area (Å²) in [6.45, 7) is 2.89. The SMILES string of the molecule is Cc1ccc(-c2nnc(C3CCCCN3C(=O)Cn3ccnc3)o2)cn1. The van der Waals surface area contributed by atoms with E-state index in [0.29, 0.717) is 18.3 Å². The van der Waals surface area contributed by atoms with Gasteiger partial charge in [-0.25, -0.2) is 4.98 Å². The molecule has 1 amide bonds. The lowest BCUT2D eigenvalue weighted by Gasteiger charge is -2.33. The molecule has 1 atom stereocenters. The van der Waals surface area contributed by atoms with E-state index in [-0.39, 0.29) is 18.5 Å². The molecule has 1 fully saturated rings. The van der Waals surface area contributed by atoms with E-state index in [1.807, 2.05) is 24.0 Å². The van der Waals surface area contributed by atoms with Crippen molar-refractivity contribution in [3.05, 3.63) is 48.6 Å². The van der Waals surface area contributed by atoms with Gasteiger partial charge >= 0.3 is 0 Å². The van der Waals surface area contributed by atoms with Gasteiger partial charge in [0.05, 0.1) is 11.9 Å². The maximum absolute atomic E-state index is 12.7. The van der Waals surface area contributed by atoms with Crippen LogP contribution < -0.4 is 0 Å². The van der Waals surface area contributed by atoms with Crippen LogP contribution in [0.15, 0.2) is 41.5 Å². The predicted molar refractivity (Wildman–Crippen MR) is 92.8 cm³/mol. The zero-order chi connectivity index (χ0) is 17.9. The van der Waals surface area contributed by atoms with E-state index in [1.54, 1.807) is 29.5 Å². The second-order valence-electron chi connectivity index (χ2n) is 6.47. The fourth-order valence-corrected chi connectivity index (χ4v) is 3.19. The zero-order valence-corrected chi connectivity index (χ0v) is 14.6. The minimum atomic E-state index is -0.181. The second kappa shape index (κ2) is 7.07.